The van der Waals surface area contributed by atoms with Gasteiger partial charge in [-0.05, 0) is 36.4 Å². The lowest BCUT2D eigenvalue weighted by Gasteiger charge is -2.02. The first-order valence-corrected chi connectivity index (χ1v) is 6.49. The largest absolute Gasteiger partial charge is 0.478 e. The monoisotopic (exact) mass is 289 g/mol. The van der Waals surface area contributed by atoms with Crippen molar-refractivity contribution in [1.82, 2.24) is 15.5 Å². The van der Waals surface area contributed by atoms with E-state index in [1.165, 1.54) is 30.9 Å². The van der Waals surface area contributed by atoms with Gasteiger partial charge in [0.2, 0.25) is 0 Å². The minimum Gasteiger partial charge on any atom is -0.478 e. The summed E-state index contributed by atoms with van der Waals surface area (Å²) < 4.78 is 0. The fraction of sp³-hybridized carbons (Fsp3) is 0.0769. The van der Waals surface area contributed by atoms with Crippen LogP contribution in [0.1, 0.15) is 20.8 Å². The van der Waals surface area contributed by atoms with Crippen molar-refractivity contribution in [2.75, 3.05) is 7.05 Å². The topological polar surface area (TPSA) is 92.2 Å². The van der Waals surface area contributed by atoms with Gasteiger partial charge >= 0.3 is 5.97 Å². The summed E-state index contributed by atoms with van der Waals surface area (Å²) in [5.41, 5.74) is 0.480. The van der Waals surface area contributed by atoms with Crippen LogP contribution in [0.15, 0.2) is 46.3 Å². The number of hydrogen-bond acceptors (Lipinski definition) is 5. The minimum absolute atomic E-state index is 0.232. The molecule has 2 rings (SSSR count). The first kappa shape index (κ1) is 14.0. The average molecular weight is 289 g/mol. The second kappa shape index (κ2) is 6.16. The summed E-state index contributed by atoms with van der Waals surface area (Å²) in [5.74, 6) is -1.25. The van der Waals surface area contributed by atoms with Gasteiger partial charge in [-0.1, -0.05) is 11.8 Å². The van der Waals surface area contributed by atoms with Crippen LogP contribution in [0.5, 0.6) is 0 Å². The highest BCUT2D eigenvalue weighted by Crippen LogP contribution is 2.25. The molecule has 2 aromatic rings. The molecule has 0 aliphatic rings. The van der Waals surface area contributed by atoms with E-state index in [9.17, 15) is 9.59 Å². The molecule has 0 saturated heterocycles. The molecule has 0 bridgehead atoms. The summed E-state index contributed by atoms with van der Waals surface area (Å²) in [4.78, 5) is 22.9. The highest BCUT2D eigenvalue weighted by atomic mass is 32.2. The molecule has 0 fully saturated rings. The Balaban J connectivity index is 2.10. The van der Waals surface area contributed by atoms with Crippen molar-refractivity contribution in [2.24, 2.45) is 0 Å². The lowest BCUT2D eigenvalue weighted by Crippen LogP contribution is -2.19. The van der Waals surface area contributed by atoms with E-state index in [0.29, 0.717) is 5.03 Å². The Morgan fingerprint density at radius 2 is 1.80 bits per heavy atom. The van der Waals surface area contributed by atoms with Crippen LogP contribution >= 0.6 is 11.8 Å². The molecular formula is C13H11N3O3S. The first-order chi connectivity index (χ1) is 9.60. The van der Waals surface area contributed by atoms with E-state index in [1.807, 2.05) is 0 Å². The van der Waals surface area contributed by atoms with Gasteiger partial charge in [0.15, 0.2) is 5.69 Å². The summed E-state index contributed by atoms with van der Waals surface area (Å²) in [6.45, 7) is 0. The quantitative estimate of drug-likeness (QED) is 0.889. The van der Waals surface area contributed by atoms with Crippen molar-refractivity contribution >= 4 is 23.6 Å². The Morgan fingerprint density at radius 1 is 1.10 bits per heavy atom. The van der Waals surface area contributed by atoms with E-state index in [2.05, 4.69) is 15.5 Å². The number of carbonyl (C=O) groups excluding carboxylic acids is 1. The average Bonchev–Trinajstić information content (AvgIpc) is 2.48. The van der Waals surface area contributed by atoms with Crippen molar-refractivity contribution in [3.63, 3.8) is 0 Å². The number of amides is 1. The maximum atomic E-state index is 11.3. The molecule has 1 aromatic heterocycles. The predicted octanol–water partition coefficient (Wildman–Crippen LogP) is 1.69. The molecule has 20 heavy (non-hydrogen) atoms. The maximum absolute atomic E-state index is 11.3. The summed E-state index contributed by atoms with van der Waals surface area (Å²) in [6.07, 6.45) is 0. The zero-order chi connectivity index (χ0) is 14.5. The van der Waals surface area contributed by atoms with Crippen LogP contribution < -0.4 is 5.32 Å². The molecule has 0 saturated carbocycles. The first-order valence-electron chi connectivity index (χ1n) is 5.67. The lowest BCUT2D eigenvalue weighted by molar-refractivity contribution is 0.0696. The molecule has 1 heterocycles. The Kier molecular flexibility index (Phi) is 4.31. The number of nitrogens with one attached hydrogen (secondary N) is 1. The summed E-state index contributed by atoms with van der Waals surface area (Å²) in [5, 5.41) is 19.6. The standard InChI is InChI=1S/C13H11N3O3S/c1-14-12(17)10-6-7-11(16-15-10)20-9-4-2-8(3-5-9)13(18)19/h2-7H,1H3,(H,14,17)(H,18,19). The highest BCUT2D eigenvalue weighted by molar-refractivity contribution is 7.99. The maximum Gasteiger partial charge on any atom is 0.335 e. The highest BCUT2D eigenvalue weighted by Gasteiger charge is 2.07. The number of carbonyl (C=O) groups is 2. The predicted molar refractivity (Wildman–Crippen MR) is 72.9 cm³/mol. The van der Waals surface area contributed by atoms with Crippen LogP contribution in [0.2, 0.25) is 0 Å². The van der Waals surface area contributed by atoms with Crippen molar-refractivity contribution < 1.29 is 14.7 Å². The van der Waals surface area contributed by atoms with Crippen LogP contribution in [0, 0.1) is 0 Å². The van der Waals surface area contributed by atoms with Gasteiger partial charge in [0.05, 0.1) is 5.56 Å². The van der Waals surface area contributed by atoms with Crippen LogP contribution in [-0.4, -0.2) is 34.2 Å². The molecule has 7 heteroatoms. The fourth-order valence-corrected chi connectivity index (χ4v) is 2.14. The molecule has 0 unspecified atom stereocenters. The molecule has 2 N–H and O–H groups in total. The van der Waals surface area contributed by atoms with Gasteiger partial charge in [0, 0.05) is 11.9 Å². The molecule has 102 valence electrons. The molecule has 0 aliphatic heterocycles. The summed E-state index contributed by atoms with van der Waals surface area (Å²) >= 11 is 1.34. The van der Waals surface area contributed by atoms with Gasteiger partial charge in [0.1, 0.15) is 5.03 Å². The molecule has 0 radical (unpaired) electrons. The molecular weight excluding hydrogens is 278 g/mol. The number of hydrogen-bond donors (Lipinski definition) is 2. The van der Waals surface area contributed by atoms with Crippen molar-refractivity contribution in [3.8, 4) is 0 Å². The van der Waals surface area contributed by atoms with E-state index in [-0.39, 0.29) is 17.2 Å². The second-order valence-corrected chi connectivity index (χ2v) is 4.86. The molecule has 0 aliphatic carbocycles. The van der Waals surface area contributed by atoms with E-state index in [1.54, 1.807) is 24.3 Å². The summed E-state index contributed by atoms with van der Waals surface area (Å²) in [6, 6.07) is 9.71. The van der Waals surface area contributed by atoms with Crippen LogP contribution in [0.25, 0.3) is 0 Å². The van der Waals surface area contributed by atoms with E-state index >= 15 is 0 Å². The Labute approximate surface area is 119 Å². The van der Waals surface area contributed by atoms with E-state index < -0.39 is 5.97 Å². The minimum atomic E-state index is -0.962. The Bertz CT molecular complexity index is 626. The molecule has 6 nitrogen and oxygen atoms in total. The number of nitrogens with zero attached hydrogens (tertiary/aromatic N) is 2. The third kappa shape index (κ3) is 3.33. The van der Waals surface area contributed by atoms with E-state index in [0.717, 1.165) is 4.90 Å². The molecule has 1 amide bonds. The number of aromatic nitrogens is 2. The van der Waals surface area contributed by atoms with Crippen molar-refractivity contribution in [2.45, 2.75) is 9.92 Å². The number of carboxylic acid groups (broad SMARTS) is 1. The second-order valence-electron chi connectivity index (χ2n) is 3.77. The van der Waals surface area contributed by atoms with Crippen molar-refractivity contribution in [1.29, 1.82) is 0 Å². The Morgan fingerprint density at radius 3 is 2.30 bits per heavy atom. The van der Waals surface area contributed by atoms with Gasteiger partial charge in [-0.3, -0.25) is 4.79 Å². The SMILES string of the molecule is CNC(=O)c1ccc(Sc2ccc(C(=O)O)cc2)nn1. The van der Waals surface area contributed by atoms with Gasteiger partial charge in [-0.25, -0.2) is 4.79 Å². The fourth-order valence-electron chi connectivity index (χ4n) is 1.41. The number of rotatable bonds is 4. The van der Waals surface area contributed by atoms with Gasteiger partial charge in [-0.15, -0.1) is 10.2 Å². The van der Waals surface area contributed by atoms with E-state index in [4.69, 9.17) is 5.11 Å². The number of benzene rings is 1. The smallest absolute Gasteiger partial charge is 0.335 e. The van der Waals surface area contributed by atoms with Crippen molar-refractivity contribution in [3.05, 3.63) is 47.7 Å². The van der Waals surface area contributed by atoms with Crippen LogP contribution in [0.4, 0.5) is 0 Å². The summed E-state index contributed by atoms with van der Waals surface area (Å²) in [7, 11) is 1.52. The van der Waals surface area contributed by atoms with Gasteiger partial charge < -0.3 is 10.4 Å². The zero-order valence-electron chi connectivity index (χ0n) is 10.5. The van der Waals surface area contributed by atoms with Gasteiger partial charge in [0.25, 0.3) is 5.91 Å². The Hall–Kier alpha value is -2.41. The zero-order valence-corrected chi connectivity index (χ0v) is 11.3. The normalized spacial score (nSPS) is 10.1. The molecule has 1 aromatic carbocycles. The molecule has 0 spiro atoms. The van der Waals surface area contributed by atoms with Crippen LogP contribution in [0.3, 0.4) is 0 Å². The molecule has 0 atom stereocenters. The number of aromatic carboxylic acids is 1. The van der Waals surface area contributed by atoms with Crippen LogP contribution in [-0.2, 0) is 0 Å². The van der Waals surface area contributed by atoms with Gasteiger partial charge in [-0.2, -0.15) is 0 Å². The third-order valence-corrected chi connectivity index (χ3v) is 3.36. The third-order valence-electron chi connectivity index (χ3n) is 2.42. The lowest BCUT2D eigenvalue weighted by atomic mass is 10.2. The number of carboxylic acids is 1.